The number of hydrogen-bond acceptors (Lipinski definition) is 2. The summed E-state index contributed by atoms with van der Waals surface area (Å²) >= 11 is 0. The van der Waals surface area contributed by atoms with E-state index >= 15 is 0 Å². The van der Waals surface area contributed by atoms with Gasteiger partial charge in [-0.1, -0.05) is 66.7 Å². The van der Waals surface area contributed by atoms with E-state index in [-0.39, 0.29) is 0 Å². The largest absolute Gasteiger partial charge is 0.346 e. The van der Waals surface area contributed by atoms with Crippen LogP contribution in [0.25, 0.3) is 11.1 Å². The van der Waals surface area contributed by atoms with Crippen molar-refractivity contribution in [1.29, 1.82) is 5.26 Å². The van der Waals surface area contributed by atoms with Crippen molar-refractivity contribution in [2.75, 3.05) is 0 Å². The van der Waals surface area contributed by atoms with E-state index in [2.05, 4.69) is 64.6 Å². The lowest BCUT2D eigenvalue weighted by Gasteiger charge is -2.06. The Morgan fingerprint density at radius 1 is 0.786 bits per heavy atom. The number of nitrogens with one attached hydrogen (secondary N) is 1. The molecule has 136 valence electrons. The highest BCUT2D eigenvalue weighted by Gasteiger charge is 2.10. The summed E-state index contributed by atoms with van der Waals surface area (Å²) in [5, 5.41) is 8.95. The molecule has 0 aliphatic heterocycles. The molecule has 0 radical (unpaired) electrons. The smallest absolute Gasteiger partial charge is 0.103 e. The molecule has 0 saturated carbocycles. The molecule has 0 aliphatic carbocycles. The van der Waals surface area contributed by atoms with Crippen LogP contribution in [0.3, 0.4) is 0 Å². The van der Waals surface area contributed by atoms with Gasteiger partial charge in [-0.05, 0) is 41.3 Å². The number of aryl methyl sites for hydroxylation is 1. The summed E-state index contributed by atoms with van der Waals surface area (Å²) in [6, 6.07) is 29.0. The molecular formula is C25H21N3. The lowest BCUT2D eigenvalue weighted by molar-refractivity contribution is 1.03. The fraction of sp³-hybridized carbons (Fsp3) is 0.120. The molecule has 0 atom stereocenters. The number of imidazole rings is 1. The van der Waals surface area contributed by atoms with Crippen LogP contribution < -0.4 is 0 Å². The van der Waals surface area contributed by atoms with Gasteiger partial charge in [-0.3, -0.25) is 0 Å². The minimum absolute atomic E-state index is 0.681. The van der Waals surface area contributed by atoms with Crippen molar-refractivity contribution >= 4 is 0 Å². The normalized spacial score (nSPS) is 10.6. The third-order valence-electron chi connectivity index (χ3n) is 4.88. The van der Waals surface area contributed by atoms with Gasteiger partial charge in [-0.25, -0.2) is 4.98 Å². The van der Waals surface area contributed by atoms with E-state index in [1.165, 1.54) is 16.7 Å². The zero-order valence-electron chi connectivity index (χ0n) is 15.8. The van der Waals surface area contributed by atoms with E-state index in [1.54, 1.807) is 0 Å². The quantitative estimate of drug-likeness (QED) is 0.513. The number of aromatic amines is 1. The Labute approximate surface area is 165 Å². The standard InChI is InChI=1S/C25H21N3/c1-18-27-24(15-19-7-9-21(17-26)10-8-19)25(28-18)16-20-11-13-23(14-12-20)22-5-3-2-4-6-22/h2-14H,15-16H2,1H3,(H,27,28). The molecule has 28 heavy (non-hydrogen) atoms. The van der Waals surface area contributed by atoms with Crippen LogP contribution in [0, 0.1) is 18.3 Å². The highest BCUT2D eigenvalue weighted by molar-refractivity contribution is 5.63. The molecule has 4 rings (SSSR count). The van der Waals surface area contributed by atoms with Crippen LogP contribution in [0.5, 0.6) is 0 Å². The second kappa shape index (κ2) is 7.94. The zero-order valence-corrected chi connectivity index (χ0v) is 15.8. The van der Waals surface area contributed by atoms with Gasteiger partial charge in [0.25, 0.3) is 0 Å². The Hall–Kier alpha value is -3.64. The second-order valence-electron chi connectivity index (χ2n) is 6.97. The molecule has 3 aromatic carbocycles. The maximum Gasteiger partial charge on any atom is 0.103 e. The first-order chi connectivity index (χ1) is 13.7. The molecule has 1 aromatic heterocycles. The minimum atomic E-state index is 0.681. The van der Waals surface area contributed by atoms with Crippen molar-refractivity contribution in [2.45, 2.75) is 19.8 Å². The first-order valence-electron chi connectivity index (χ1n) is 9.39. The Morgan fingerprint density at radius 3 is 2.07 bits per heavy atom. The number of rotatable bonds is 5. The van der Waals surface area contributed by atoms with Gasteiger partial charge >= 0.3 is 0 Å². The maximum atomic E-state index is 8.95. The molecule has 0 spiro atoms. The minimum Gasteiger partial charge on any atom is -0.346 e. The molecule has 0 fully saturated rings. The molecule has 4 aromatic rings. The van der Waals surface area contributed by atoms with Gasteiger partial charge in [0.05, 0.1) is 17.3 Å². The SMILES string of the molecule is Cc1nc(Cc2ccc(C#N)cc2)c(Cc2ccc(-c3ccccc3)cc2)[nH]1. The number of nitrogens with zero attached hydrogens (tertiary/aromatic N) is 2. The molecule has 0 amide bonds. The van der Waals surface area contributed by atoms with Crippen molar-refractivity contribution < 1.29 is 0 Å². The summed E-state index contributed by atoms with van der Waals surface area (Å²) < 4.78 is 0. The summed E-state index contributed by atoms with van der Waals surface area (Å²) in [6.07, 6.45) is 1.58. The van der Waals surface area contributed by atoms with E-state index in [9.17, 15) is 0 Å². The number of hydrogen-bond donors (Lipinski definition) is 1. The van der Waals surface area contributed by atoms with Crippen LogP contribution in [0.15, 0.2) is 78.9 Å². The van der Waals surface area contributed by atoms with Crippen LogP contribution in [0.2, 0.25) is 0 Å². The molecule has 3 nitrogen and oxygen atoms in total. The first-order valence-corrected chi connectivity index (χ1v) is 9.39. The second-order valence-corrected chi connectivity index (χ2v) is 6.97. The van der Waals surface area contributed by atoms with Crippen LogP contribution in [0.1, 0.15) is 33.9 Å². The Morgan fingerprint density at radius 2 is 1.39 bits per heavy atom. The third kappa shape index (κ3) is 4.02. The van der Waals surface area contributed by atoms with Gasteiger partial charge in [0.1, 0.15) is 5.82 Å². The molecular weight excluding hydrogens is 342 g/mol. The lowest BCUT2D eigenvalue weighted by atomic mass is 10.0. The van der Waals surface area contributed by atoms with Gasteiger partial charge in [0.15, 0.2) is 0 Å². The molecule has 1 N–H and O–H groups in total. The summed E-state index contributed by atoms with van der Waals surface area (Å²) in [5.41, 5.74) is 7.76. The lowest BCUT2D eigenvalue weighted by Crippen LogP contribution is -1.97. The summed E-state index contributed by atoms with van der Waals surface area (Å²) in [6.45, 7) is 1.99. The summed E-state index contributed by atoms with van der Waals surface area (Å²) in [4.78, 5) is 8.11. The van der Waals surface area contributed by atoms with Gasteiger partial charge in [0.2, 0.25) is 0 Å². The van der Waals surface area contributed by atoms with Crippen molar-refractivity contribution in [2.24, 2.45) is 0 Å². The topological polar surface area (TPSA) is 52.5 Å². The van der Waals surface area contributed by atoms with Crippen LogP contribution in [0.4, 0.5) is 0 Å². The highest BCUT2D eigenvalue weighted by atomic mass is 14.9. The zero-order chi connectivity index (χ0) is 19.3. The summed E-state index contributed by atoms with van der Waals surface area (Å²) in [7, 11) is 0. The van der Waals surface area contributed by atoms with Crippen LogP contribution in [-0.2, 0) is 12.8 Å². The van der Waals surface area contributed by atoms with Gasteiger partial charge in [-0.15, -0.1) is 0 Å². The predicted octanol–water partition coefficient (Wildman–Crippen LogP) is 5.44. The molecule has 0 aliphatic rings. The Kier molecular flexibility index (Phi) is 5.03. The molecule has 0 bridgehead atoms. The molecule has 0 unspecified atom stereocenters. The maximum absolute atomic E-state index is 8.95. The predicted molar refractivity (Wildman–Crippen MR) is 112 cm³/mol. The van der Waals surface area contributed by atoms with Crippen molar-refractivity contribution in [3.8, 4) is 17.2 Å². The summed E-state index contributed by atoms with van der Waals surface area (Å²) in [5.74, 6) is 0.930. The van der Waals surface area contributed by atoms with E-state index in [1.807, 2.05) is 37.3 Å². The van der Waals surface area contributed by atoms with E-state index in [0.29, 0.717) is 5.56 Å². The average molecular weight is 363 g/mol. The molecule has 1 heterocycles. The Bertz CT molecular complexity index is 1100. The number of nitriles is 1. The highest BCUT2D eigenvalue weighted by Crippen LogP contribution is 2.21. The van der Waals surface area contributed by atoms with E-state index in [4.69, 9.17) is 5.26 Å². The van der Waals surface area contributed by atoms with Crippen molar-refractivity contribution in [3.63, 3.8) is 0 Å². The number of aromatic nitrogens is 2. The average Bonchev–Trinajstić information content (AvgIpc) is 3.08. The number of H-pyrrole nitrogens is 1. The fourth-order valence-electron chi connectivity index (χ4n) is 3.42. The third-order valence-corrected chi connectivity index (χ3v) is 4.88. The Balaban J connectivity index is 1.53. The molecule has 0 saturated heterocycles. The van der Waals surface area contributed by atoms with Gasteiger partial charge in [-0.2, -0.15) is 5.26 Å². The first kappa shape index (κ1) is 17.8. The van der Waals surface area contributed by atoms with Crippen LogP contribution in [-0.4, -0.2) is 9.97 Å². The van der Waals surface area contributed by atoms with Crippen LogP contribution >= 0.6 is 0 Å². The van der Waals surface area contributed by atoms with E-state index < -0.39 is 0 Å². The van der Waals surface area contributed by atoms with Gasteiger partial charge < -0.3 is 4.98 Å². The number of benzene rings is 3. The van der Waals surface area contributed by atoms with E-state index in [0.717, 1.165) is 35.6 Å². The fourth-order valence-corrected chi connectivity index (χ4v) is 3.42. The molecule has 3 heteroatoms. The monoisotopic (exact) mass is 363 g/mol. The van der Waals surface area contributed by atoms with Crippen molar-refractivity contribution in [1.82, 2.24) is 9.97 Å². The van der Waals surface area contributed by atoms with Crippen molar-refractivity contribution in [3.05, 3.63) is 113 Å². The van der Waals surface area contributed by atoms with Gasteiger partial charge in [0, 0.05) is 18.5 Å².